The summed E-state index contributed by atoms with van der Waals surface area (Å²) in [6.45, 7) is 2.50. The van der Waals surface area contributed by atoms with E-state index in [4.69, 9.17) is 0 Å². The number of benzene rings is 2. The third kappa shape index (κ3) is 3.31. The third-order valence-corrected chi connectivity index (χ3v) is 5.11. The predicted octanol–water partition coefficient (Wildman–Crippen LogP) is 4.20. The topological polar surface area (TPSA) is 57.6 Å². The van der Waals surface area contributed by atoms with Gasteiger partial charge in [0.1, 0.15) is 5.82 Å². The first-order chi connectivity index (χ1) is 12.4. The SMILES string of the molecule is CCCCN1C(=O)[C@](O)(CC(=O)c2ccc(F)cc2)c2cc(Br)ccc21. The lowest BCUT2D eigenvalue weighted by Crippen LogP contribution is -2.42. The number of hydrogen-bond donors (Lipinski definition) is 1. The Morgan fingerprint density at radius 3 is 2.58 bits per heavy atom. The smallest absolute Gasteiger partial charge is 0.264 e. The van der Waals surface area contributed by atoms with E-state index < -0.39 is 23.1 Å². The molecule has 2 aromatic carbocycles. The quantitative estimate of drug-likeness (QED) is 0.713. The van der Waals surface area contributed by atoms with Crippen molar-refractivity contribution < 1.29 is 19.1 Å². The lowest BCUT2D eigenvalue weighted by molar-refractivity contribution is -0.135. The zero-order chi connectivity index (χ0) is 18.9. The van der Waals surface area contributed by atoms with Crippen LogP contribution in [0.4, 0.5) is 10.1 Å². The Morgan fingerprint density at radius 1 is 1.23 bits per heavy atom. The van der Waals surface area contributed by atoms with Crippen molar-refractivity contribution in [3.05, 3.63) is 63.9 Å². The van der Waals surface area contributed by atoms with Gasteiger partial charge in [0.25, 0.3) is 5.91 Å². The van der Waals surface area contributed by atoms with Crippen molar-refractivity contribution in [1.82, 2.24) is 0 Å². The number of anilines is 1. The van der Waals surface area contributed by atoms with Gasteiger partial charge >= 0.3 is 0 Å². The molecule has 6 heteroatoms. The first-order valence-electron chi connectivity index (χ1n) is 8.50. The van der Waals surface area contributed by atoms with Gasteiger partial charge in [-0.3, -0.25) is 9.59 Å². The van der Waals surface area contributed by atoms with Gasteiger partial charge in [-0.15, -0.1) is 0 Å². The van der Waals surface area contributed by atoms with E-state index in [1.54, 1.807) is 23.1 Å². The Bertz CT molecular complexity index is 853. The molecule has 0 unspecified atom stereocenters. The van der Waals surface area contributed by atoms with Gasteiger partial charge in [0.15, 0.2) is 11.4 Å². The predicted molar refractivity (Wildman–Crippen MR) is 101 cm³/mol. The molecule has 1 heterocycles. The van der Waals surface area contributed by atoms with Crippen LogP contribution in [0, 0.1) is 5.82 Å². The van der Waals surface area contributed by atoms with Gasteiger partial charge in [-0.25, -0.2) is 4.39 Å². The fourth-order valence-corrected chi connectivity index (χ4v) is 3.56. The molecule has 0 radical (unpaired) electrons. The van der Waals surface area contributed by atoms with Gasteiger partial charge in [0, 0.05) is 22.1 Å². The molecule has 0 saturated heterocycles. The summed E-state index contributed by atoms with van der Waals surface area (Å²) in [4.78, 5) is 27.1. The largest absolute Gasteiger partial charge is 0.375 e. The van der Waals surface area contributed by atoms with Crippen molar-refractivity contribution in [1.29, 1.82) is 0 Å². The normalized spacial score (nSPS) is 18.9. The zero-order valence-corrected chi connectivity index (χ0v) is 15.9. The van der Waals surface area contributed by atoms with Crippen molar-refractivity contribution in [2.24, 2.45) is 0 Å². The molecule has 1 aliphatic rings. The second kappa shape index (κ2) is 7.29. The standard InChI is InChI=1S/C20H19BrFNO3/c1-2-3-10-23-17-9-6-14(21)11-16(17)20(26,19(23)25)12-18(24)13-4-7-15(22)8-5-13/h4-9,11,26H,2-3,10,12H2,1H3/t20-/m0/s1. The average Bonchev–Trinajstić information content (AvgIpc) is 2.81. The highest BCUT2D eigenvalue weighted by atomic mass is 79.9. The lowest BCUT2D eigenvalue weighted by atomic mass is 9.88. The molecule has 4 nitrogen and oxygen atoms in total. The fourth-order valence-electron chi connectivity index (χ4n) is 3.20. The van der Waals surface area contributed by atoms with E-state index in [9.17, 15) is 19.1 Å². The van der Waals surface area contributed by atoms with Crippen LogP contribution >= 0.6 is 15.9 Å². The van der Waals surface area contributed by atoms with Crippen LogP contribution < -0.4 is 4.90 Å². The Balaban J connectivity index is 1.96. The summed E-state index contributed by atoms with van der Waals surface area (Å²) in [5.41, 5.74) is -0.612. The Hall–Kier alpha value is -2.05. The molecule has 0 fully saturated rings. The monoisotopic (exact) mass is 419 g/mol. The number of halogens is 2. The van der Waals surface area contributed by atoms with Crippen LogP contribution in [-0.2, 0) is 10.4 Å². The van der Waals surface area contributed by atoms with Crippen molar-refractivity contribution in [3.8, 4) is 0 Å². The maximum absolute atomic E-state index is 13.1. The number of hydrogen-bond acceptors (Lipinski definition) is 3. The van der Waals surface area contributed by atoms with E-state index >= 15 is 0 Å². The number of fused-ring (bicyclic) bond motifs is 1. The van der Waals surface area contributed by atoms with E-state index in [0.29, 0.717) is 22.3 Å². The van der Waals surface area contributed by atoms with Crippen LogP contribution in [0.1, 0.15) is 42.1 Å². The highest BCUT2D eigenvalue weighted by molar-refractivity contribution is 9.10. The molecule has 0 spiro atoms. The molecule has 26 heavy (non-hydrogen) atoms. The van der Waals surface area contributed by atoms with E-state index in [1.165, 1.54) is 24.3 Å². The molecule has 1 amide bonds. The molecule has 1 atom stereocenters. The summed E-state index contributed by atoms with van der Waals surface area (Å²) in [6, 6.07) is 10.3. The number of carbonyl (C=O) groups excluding carboxylic acids is 2. The number of aliphatic hydroxyl groups is 1. The Morgan fingerprint density at radius 2 is 1.92 bits per heavy atom. The second-order valence-corrected chi connectivity index (χ2v) is 7.35. The first-order valence-corrected chi connectivity index (χ1v) is 9.29. The minimum atomic E-state index is -1.92. The number of ketones is 1. The number of unbranched alkanes of at least 4 members (excludes halogenated alkanes) is 1. The van der Waals surface area contributed by atoms with Crippen LogP contribution in [0.25, 0.3) is 0 Å². The second-order valence-electron chi connectivity index (χ2n) is 6.44. The average molecular weight is 420 g/mol. The third-order valence-electron chi connectivity index (χ3n) is 4.61. The summed E-state index contributed by atoms with van der Waals surface area (Å²) in [7, 11) is 0. The van der Waals surface area contributed by atoms with Crippen LogP contribution in [0.5, 0.6) is 0 Å². The van der Waals surface area contributed by atoms with E-state index in [1.807, 2.05) is 6.92 Å². The van der Waals surface area contributed by atoms with Gasteiger partial charge in [0.05, 0.1) is 12.1 Å². The Kier molecular flexibility index (Phi) is 5.25. The molecule has 0 aromatic heterocycles. The van der Waals surface area contributed by atoms with Crippen LogP contribution in [0.3, 0.4) is 0 Å². The van der Waals surface area contributed by atoms with Crippen molar-refractivity contribution >= 4 is 33.3 Å². The van der Waals surface area contributed by atoms with Gasteiger partial charge in [0.2, 0.25) is 0 Å². The number of Topliss-reactive ketones (excluding diaryl/α,β-unsaturated/α-hetero) is 1. The Labute approximate surface area is 159 Å². The molecule has 0 bridgehead atoms. The van der Waals surface area contributed by atoms with Gasteiger partial charge in [-0.1, -0.05) is 29.3 Å². The molecule has 1 N–H and O–H groups in total. The number of nitrogens with zero attached hydrogens (tertiary/aromatic N) is 1. The molecule has 0 aliphatic carbocycles. The number of carbonyl (C=O) groups is 2. The van der Waals surface area contributed by atoms with Crippen LogP contribution in [-0.4, -0.2) is 23.3 Å². The van der Waals surface area contributed by atoms with Crippen molar-refractivity contribution in [2.75, 3.05) is 11.4 Å². The van der Waals surface area contributed by atoms with E-state index in [0.717, 1.165) is 12.8 Å². The van der Waals surface area contributed by atoms with Crippen LogP contribution in [0.15, 0.2) is 46.9 Å². The minimum absolute atomic E-state index is 0.260. The van der Waals surface area contributed by atoms with Crippen LogP contribution in [0.2, 0.25) is 0 Å². The minimum Gasteiger partial charge on any atom is -0.375 e. The maximum Gasteiger partial charge on any atom is 0.264 e. The number of rotatable bonds is 6. The molecular weight excluding hydrogens is 401 g/mol. The summed E-state index contributed by atoms with van der Waals surface area (Å²) in [5, 5.41) is 11.2. The van der Waals surface area contributed by atoms with E-state index in [-0.39, 0.29) is 12.0 Å². The summed E-state index contributed by atoms with van der Waals surface area (Å²) < 4.78 is 13.8. The molecular formula is C20H19BrFNO3. The first kappa shape index (κ1) is 18.7. The molecule has 1 aliphatic heterocycles. The van der Waals surface area contributed by atoms with E-state index in [2.05, 4.69) is 15.9 Å². The highest BCUT2D eigenvalue weighted by Crippen LogP contribution is 2.44. The molecule has 0 saturated carbocycles. The van der Waals surface area contributed by atoms with Gasteiger partial charge in [-0.05, 0) is 48.9 Å². The lowest BCUT2D eigenvalue weighted by Gasteiger charge is -2.22. The van der Waals surface area contributed by atoms with Crippen molar-refractivity contribution in [3.63, 3.8) is 0 Å². The molecule has 136 valence electrons. The summed E-state index contributed by atoms with van der Waals surface area (Å²) in [6.07, 6.45) is 1.31. The number of amides is 1. The summed E-state index contributed by atoms with van der Waals surface area (Å²) >= 11 is 3.36. The highest BCUT2D eigenvalue weighted by Gasteiger charge is 2.50. The molecule has 3 rings (SSSR count). The van der Waals surface area contributed by atoms with Gasteiger partial charge in [-0.2, -0.15) is 0 Å². The zero-order valence-electron chi connectivity index (χ0n) is 14.3. The maximum atomic E-state index is 13.1. The summed E-state index contributed by atoms with van der Waals surface area (Å²) in [5.74, 6) is -1.35. The van der Waals surface area contributed by atoms with Crippen molar-refractivity contribution in [2.45, 2.75) is 31.8 Å². The van der Waals surface area contributed by atoms with Gasteiger partial charge < -0.3 is 10.0 Å². The fraction of sp³-hybridized carbons (Fsp3) is 0.300. The molecule has 2 aromatic rings.